The third-order valence-corrected chi connectivity index (χ3v) is 3.66. The first-order valence-electron chi connectivity index (χ1n) is 7.96. The molecule has 0 aromatic heterocycles. The van der Waals surface area contributed by atoms with E-state index in [0.29, 0.717) is 12.1 Å². The van der Waals surface area contributed by atoms with Crippen LogP contribution < -0.4 is 0 Å². The van der Waals surface area contributed by atoms with Crippen LogP contribution in [0.4, 0.5) is 26.3 Å². The maximum atomic E-state index is 12.5. The van der Waals surface area contributed by atoms with Crippen LogP contribution in [-0.2, 0) is 23.5 Å². The summed E-state index contributed by atoms with van der Waals surface area (Å²) >= 11 is 0. The monoisotopic (exact) mass is 390 g/mol. The molecule has 0 spiro atoms. The van der Waals surface area contributed by atoms with Gasteiger partial charge in [-0.05, 0) is 42.7 Å². The van der Waals surface area contributed by atoms with Crippen LogP contribution in [0.25, 0.3) is 0 Å². The fourth-order valence-corrected chi connectivity index (χ4v) is 2.13. The third-order valence-electron chi connectivity index (χ3n) is 3.66. The highest BCUT2D eigenvalue weighted by Gasteiger charge is 2.37. The number of benzene rings is 2. The van der Waals surface area contributed by atoms with E-state index < -0.39 is 29.6 Å². The number of rotatable bonds is 4. The minimum atomic E-state index is -4.83. The maximum Gasteiger partial charge on any atom is 0.416 e. The van der Waals surface area contributed by atoms with Crippen LogP contribution >= 0.6 is 0 Å². The maximum absolute atomic E-state index is 12.5. The summed E-state index contributed by atoms with van der Waals surface area (Å²) in [6, 6.07) is 11.7. The van der Waals surface area contributed by atoms with Crippen molar-refractivity contribution in [2.45, 2.75) is 31.8 Å². The molecule has 0 N–H and O–H groups in total. The third kappa shape index (κ3) is 7.46. The van der Waals surface area contributed by atoms with E-state index in [0.717, 1.165) is 6.42 Å². The lowest BCUT2D eigenvalue weighted by Crippen LogP contribution is -2.12. The Hall–Kier alpha value is -2.28. The van der Waals surface area contributed by atoms with Crippen molar-refractivity contribution in [3.8, 4) is 0 Å². The van der Waals surface area contributed by atoms with Gasteiger partial charge in [0.2, 0.25) is 0 Å². The van der Waals surface area contributed by atoms with Crippen molar-refractivity contribution in [1.82, 2.24) is 0 Å². The van der Waals surface area contributed by atoms with Crippen LogP contribution in [0.3, 0.4) is 0 Å². The van der Waals surface area contributed by atoms with Gasteiger partial charge in [-0.25, -0.2) is 0 Å². The molecule has 0 saturated carbocycles. The fourth-order valence-electron chi connectivity index (χ4n) is 2.13. The summed E-state index contributed by atoms with van der Waals surface area (Å²) in [5.41, 5.74) is -1.51. The number of hydrogen-bond donors (Lipinski definition) is 0. The number of alkyl halides is 6. The topological polar surface area (TPSA) is 9.23 Å². The number of halogens is 6. The Kier molecular flexibility index (Phi) is 8.09. The van der Waals surface area contributed by atoms with E-state index in [2.05, 4.69) is 18.7 Å². The van der Waals surface area contributed by atoms with Gasteiger partial charge in [0, 0.05) is 7.11 Å². The molecular formula is C20H20F6O. The van der Waals surface area contributed by atoms with Crippen molar-refractivity contribution in [3.05, 3.63) is 83.4 Å². The molecule has 2 aromatic rings. The molecule has 7 heteroatoms. The number of ether oxygens (including phenoxy) is 1. The lowest BCUT2D eigenvalue weighted by Gasteiger charge is -2.17. The molecule has 0 aliphatic heterocycles. The molecule has 0 bridgehead atoms. The fraction of sp³-hybridized carbons (Fsp3) is 0.300. The second-order valence-corrected chi connectivity index (χ2v) is 5.70. The summed E-state index contributed by atoms with van der Waals surface area (Å²) in [6.45, 7) is 5.03. The molecular weight excluding hydrogens is 370 g/mol. The Balaban J connectivity index is 0.000000337. The first-order chi connectivity index (χ1) is 12.5. The summed E-state index contributed by atoms with van der Waals surface area (Å²) in [5, 5.41) is 0. The molecule has 27 heavy (non-hydrogen) atoms. The van der Waals surface area contributed by atoms with E-state index in [1.54, 1.807) is 0 Å². The van der Waals surface area contributed by atoms with Gasteiger partial charge in [0.1, 0.15) is 0 Å². The predicted molar refractivity (Wildman–Crippen MR) is 92.2 cm³/mol. The molecule has 0 heterocycles. The van der Waals surface area contributed by atoms with Crippen molar-refractivity contribution in [1.29, 1.82) is 0 Å². The Labute approximate surface area is 154 Å². The van der Waals surface area contributed by atoms with Crippen molar-refractivity contribution in [2.24, 2.45) is 0 Å². The Morgan fingerprint density at radius 3 is 1.78 bits per heavy atom. The summed E-state index contributed by atoms with van der Waals surface area (Å²) in [4.78, 5) is 0. The van der Waals surface area contributed by atoms with E-state index in [-0.39, 0.29) is 11.6 Å². The highest BCUT2D eigenvalue weighted by Crippen LogP contribution is 2.37. The largest absolute Gasteiger partial charge is 0.416 e. The minimum absolute atomic E-state index is 0.0892. The summed E-state index contributed by atoms with van der Waals surface area (Å²) in [7, 11) is 1.21. The van der Waals surface area contributed by atoms with Gasteiger partial charge in [0.15, 0.2) is 0 Å². The SMILES string of the molecule is C=CCc1ccccc1.COC(C)c1cc(C(F)(F)F)cc(C(F)(F)F)c1. The summed E-state index contributed by atoms with van der Waals surface area (Å²) < 4.78 is 79.7. The second-order valence-electron chi connectivity index (χ2n) is 5.70. The lowest BCUT2D eigenvalue weighted by atomic mass is 10.0. The minimum Gasteiger partial charge on any atom is -0.377 e. The molecule has 2 rings (SSSR count). The summed E-state index contributed by atoms with van der Waals surface area (Å²) in [5.74, 6) is 0. The van der Waals surface area contributed by atoms with Crippen LogP contribution in [0.15, 0.2) is 61.2 Å². The zero-order valence-electron chi connectivity index (χ0n) is 14.9. The molecule has 0 aliphatic carbocycles. The van der Waals surface area contributed by atoms with E-state index in [1.165, 1.54) is 19.6 Å². The van der Waals surface area contributed by atoms with Gasteiger partial charge in [-0.15, -0.1) is 6.58 Å². The molecule has 0 amide bonds. The molecule has 0 fully saturated rings. The van der Waals surface area contributed by atoms with Gasteiger partial charge < -0.3 is 4.74 Å². The van der Waals surface area contributed by atoms with Gasteiger partial charge in [-0.2, -0.15) is 26.3 Å². The van der Waals surface area contributed by atoms with Crippen LogP contribution in [0.2, 0.25) is 0 Å². The second kappa shape index (κ2) is 9.60. The van der Waals surface area contributed by atoms with Crippen molar-refractivity contribution in [2.75, 3.05) is 7.11 Å². The van der Waals surface area contributed by atoms with Gasteiger partial charge in [-0.1, -0.05) is 36.4 Å². The smallest absolute Gasteiger partial charge is 0.377 e. The van der Waals surface area contributed by atoms with Gasteiger partial charge in [0.25, 0.3) is 0 Å². The highest BCUT2D eigenvalue weighted by atomic mass is 19.4. The van der Waals surface area contributed by atoms with Crippen molar-refractivity contribution < 1.29 is 31.1 Å². The lowest BCUT2D eigenvalue weighted by molar-refractivity contribution is -0.143. The molecule has 1 unspecified atom stereocenters. The van der Waals surface area contributed by atoms with Crippen LogP contribution in [0.1, 0.15) is 35.3 Å². The zero-order valence-corrected chi connectivity index (χ0v) is 14.9. The van der Waals surface area contributed by atoms with Crippen LogP contribution in [0.5, 0.6) is 0 Å². The predicted octanol–water partition coefficient (Wildman–Crippen LogP) is 6.85. The Bertz CT molecular complexity index is 687. The molecule has 2 aromatic carbocycles. The molecule has 1 atom stereocenters. The molecule has 0 radical (unpaired) electrons. The van der Waals surface area contributed by atoms with Gasteiger partial charge >= 0.3 is 12.4 Å². The number of methoxy groups -OCH3 is 1. The number of allylic oxidation sites excluding steroid dienone is 1. The molecule has 0 aliphatic rings. The highest BCUT2D eigenvalue weighted by molar-refractivity contribution is 5.34. The molecule has 0 saturated heterocycles. The normalized spacial score (nSPS) is 12.7. The Morgan fingerprint density at radius 1 is 0.926 bits per heavy atom. The first-order valence-corrected chi connectivity index (χ1v) is 7.96. The average Bonchev–Trinajstić information content (AvgIpc) is 2.61. The first kappa shape index (κ1) is 22.8. The number of hydrogen-bond acceptors (Lipinski definition) is 1. The van der Waals surface area contributed by atoms with Crippen LogP contribution in [0, 0.1) is 0 Å². The van der Waals surface area contributed by atoms with Gasteiger partial charge in [-0.3, -0.25) is 0 Å². The molecule has 148 valence electrons. The zero-order chi connectivity index (χ0) is 20.7. The van der Waals surface area contributed by atoms with E-state index >= 15 is 0 Å². The van der Waals surface area contributed by atoms with Crippen molar-refractivity contribution >= 4 is 0 Å². The van der Waals surface area contributed by atoms with Crippen LogP contribution in [-0.4, -0.2) is 7.11 Å². The standard InChI is InChI=1S/C11H10F6O.C9H10/c1-6(18-2)7-3-8(10(12,13)14)5-9(4-7)11(15,16)17;1-2-6-9-7-4-3-5-8-9/h3-6H,1-2H3;2-5,7-8H,1,6H2. The van der Waals surface area contributed by atoms with E-state index in [4.69, 9.17) is 4.74 Å². The quantitative estimate of drug-likeness (QED) is 0.410. The summed E-state index contributed by atoms with van der Waals surface area (Å²) in [6.07, 6.45) is -7.63. The van der Waals surface area contributed by atoms with E-state index in [9.17, 15) is 26.3 Å². The van der Waals surface area contributed by atoms with Gasteiger partial charge in [0.05, 0.1) is 17.2 Å². The molecule has 1 nitrogen and oxygen atoms in total. The average molecular weight is 390 g/mol. The van der Waals surface area contributed by atoms with Crippen molar-refractivity contribution in [3.63, 3.8) is 0 Å². The van der Waals surface area contributed by atoms with E-state index in [1.807, 2.05) is 24.3 Å². The Morgan fingerprint density at radius 2 is 1.41 bits per heavy atom.